The smallest absolute Gasteiger partial charge is 0.326 e. The average molecular weight is 326 g/mol. The molecule has 6 heteroatoms. The Morgan fingerprint density at radius 3 is 2.22 bits per heavy atom. The summed E-state index contributed by atoms with van der Waals surface area (Å²) in [7, 11) is 0. The molecule has 2 amide bonds. The predicted octanol–water partition coefficient (Wildman–Crippen LogP) is 2.08. The van der Waals surface area contributed by atoms with Crippen molar-refractivity contribution in [2.24, 2.45) is 11.8 Å². The van der Waals surface area contributed by atoms with Crippen LogP contribution in [-0.2, 0) is 14.4 Å². The highest BCUT2D eigenvalue weighted by atomic mass is 16.4. The lowest BCUT2D eigenvalue weighted by atomic mass is 9.87. The predicted molar refractivity (Wildman–Crippen MR) is 87.8 cm³/mol. The molecule has 3 N–H and O–H groups in total. The second kappa shape index (κ2) is 9.53. The van der Waals surface area contributed by atoms with E-state index < -0.39 is 24.0 Å². The van der Waals surface area contributed by atoms with Gasteiger partial charge in [-0.15, -0.1) is 0 Å². The van der Waals surface area contributed by atoms with Crippen LogP contribution in [-0.4, -0.2) is 35.0 Å². The third-order valence-electron chi connectivity index (χ3n) is 4.75. The van der Waals surface area contributed by atoms with Crippen LogP contribution in [0.3, 0.4) is 0 Å². The SMILES string of the molecule is CC[C@H](C)[C@H](NC(=O)C(C)NC(=O)CC1CCCCC1)C(=O)O. The van der Waals surface area contributed by atoms with E-state index in [4.69, 9.17) is 0 Å². The Morgan fingerprint density at radius 2 is 1.70 bits per heavy atom. The standard InChI is InChI=1S/C17H30N2O4/c1-4-11(2)15(17(22)23)19-16(21)12(3)18-14(20)10-13-8-6-5-7-9-13/h11-13,15H,4-10H2,1-3H3,(H,18,20)(H,19,21)(H,22,23)/t11-,12?,15-/m0/s1. The van der Waals surface area contributed by atoms with Gasteiger partial charge in [-0.1, -0.05) is 39.5 Å². The van der Waals surface area contributed by atoms with Gasteiger partial charge in [0.25, 0.3) is 0 Å². The van der Waals surface area contributed by atoms with Crippen molar-refractivity contribution in [1.29, 1.82) is 0 Å². The molecule has 23 heavy (non-hydrogen) atoms. The van der Waals surface area contributed by atoms with Crippen LogP contribution in [0.5, 0.6) is 0 Å². The first-order chi connectivity index (χ1) is 10.8. The Bertz CT molecular complexity index is 419. The second-order valence-electron chi connectivity index (χ2n) is 6.71. The molecule has 3 atom stereocenters. The lowest BCUT2D eigenvalue weighted by Gasteiger charge is -2.24. The zero-order valence-corrected chi connectivity index (χ0v) is 14.4. The highest BCUT2D eigenvalue weighted by Gasteiger charge is 2.28. The molecule has 6 nitrogen and oxygen atoms in total. The van der Waals surface area contributed by atoms with E-state index in [2.05, 4.69) is 10.6 Å². The van der Waals surface area contributed by atoms with Crippen LogP contribution in [0.25, 0.3) is 0 Å². The summed E-state index contributed by atoms with van der Waals surface area (Å²) in [4.78, 5) is 35.4. The molecule has 1 aliphatic carbocycles. The van der Waals surface area contributed by atoms with Gasteiger partial charge in [-0.3, -0.25) is 9.59 Å². The zero-order valence-electron chi connectivity index (χ0n) is 14.4. The Balaban J connectivity index is 2.45. The van der Waals surface area contributed by atoms with E-state index >= 15 is 0 Å². The van der Waals surface area contributed by atoms with Crippen molar-refractivity contribution in [3.8, 4) is 0 Å². The fourth-order valence-electron chi connectivity index (χ4n) is 2.98. The van der Waals surface area contributed by atoms with Crippen LogP contribution in [0, 0.1) is 11.8 Å². The average Bonchev–Trinajstić information content (AvgIpc) is 2.52. The number of amides is 2. The van der Waals surface area contributed by atoms with E-state index in [1.807, 2.05) is 6.92 Å². The number of hydrogen-bond donors (Lipinski definition) is 3. The summed E-state index contributed by atoms with van der Waals surface area (Å²) in [5.74, 6) is -1.38. The van der Waals surface area contributed by atoms with Gasteiger partial charge in [0.2, 0.25) is 11.8 Å². The van der Waals surface area contributed by atoms with Crippen LogP contribution < -0.4 is 10.6 Å². The molecule has 0 aromatic heterocycles. The molecule has 132 valence electrons. The highest BCUT2D eigenvalue weighted by Crippen LogP contribution is 2.26. The summed E-state index contributed by atoms with van der Waals surface area (Å²) in [6.45, 7) is 5.25. The van der Waals surface area contributed by atoms with E-state index in [9.17, 15) is 19.5 Å². The Kier molecular flexibility index (Phi) is 8.06. The van der Waals surface area contributed by atoms with Gasteiger partial charge < -0.3 is 15.7 Å². The third-order valence-corrected chi connectivity index (χ3v) is 4.75. The molecule has 1 fully saturated rings. The van der Waals surface area contributed by atoms with Crippen LogP contribution >= 0.6 is 0 Å². The molecule has 0 aliphatic heterocycles. The van der Waals surface area contributed by atoms with Crippen LogP contribution in [0.1, 0.15) is 65.7 Å². The number of carbonyl (C=O) groups is 3. The van der Waals surface area contributed by atoms with Gasteiger partial charge in [0, 0.05) is 6.42 Å². The van der Waals surface area contributed by atoms with E-state index in [1.54, 1.807) is 13.8 Å². The first kappa shape index (κ1) is 19.5. The highest BCUT2D eigenvalue weighted by molar-refractivity contribution is 5.90. The van der Waals surface area contributed by atoms with Crippen molar-refractivity contribution in [3.05, 3.63) is 0 Å². The summed E-state index contributed by atoms with van der Waals surface area (Å²) in [6, 6.07) is -1.65. The van der Waals surface area contributed by atoms with Gasteiger partial charge in [0.1, 0.15) is 12.1 Å². The molecular formula is C17H30N2O4. The Morgan fingerprint density at radius 1 is 1.09 bits per heavy atom. The summed E-state index contributed by atoms with van der Waals surface area (Å²) >= 11 is 0. The molecule has 0 saturated heterocycles. The number of carboxylic acid groups (broad SMARTS) is 1. The number of carboxylic acids is 1. The van der Waals surface area contributed by atoms with Gasteiger partial charge in [0.05, 0.1) is 0 Å². The van der Waals surface area contributed by atoms with Crippen molar-refractivity contribution < 1.29 is 19.5 Å². The quantitative estimate of drug-likeness (QED) is 0.636. The number of carbonyl (C=O) groups excluding carboxylic acids is 2. The Hall–Kier alpha value is -1.59. The second-order valence-corrected chi connectivity index (χ2v) is 6.71. The molecule has 1 aliphatic rings. The minimum absolute atomic E-state index is 0.130. The third kappa shape index (κ3) is 6.59. The Labute approximate surface area is 138 Å². The van der Waals surface area contributed by atoms with Gasteiger partial charge in [0.15, 0.2) is 0 Å². The maximum absolute atomic E-state index is 12.1. The number of nitrogens with one attached hydrogen (secondary N) is 2. The molecule has 0 heterocycles. The van der Waals surface area contributed by atoms with Crippen LogP contribution in [0.4, 0.5) is 0 Å². The first-order valence-corrected chi connectivity index (χ1v) is 8.67. The zero-order chi connectivity index (χ0) is 17.4. The van der Waals surface area contributed by atoms with Crippen molar-refractivity contribution in [2.75, 3.05) is 0 Å². The lowest BCUT2D eigenvalue weighted by molar-refractivity contribution is -0.143. The van der Waals surface area contributed by atoms with Gasteiger partial charge in [-0.25, -0.2) is 4.79 Å². The van der Waals surface area contributed by atoms with Crippen LogP contribution in [0.15, 0.2) is 0 Å². The van der Waals surface area contributed by atoms with Crippen molar-refractivity contribution in [3.63, 3.8) is 0 Å². The fraction of sp³-hybridized carbons (Fsp3) is 0.824. The lowest BCUT2D eigenvalue weighted by Crippen LogP contribution is -2.52. The maximum atomic E-state index is 12.1. The molecule has 0 aromatic rings. The van der Waals surface area contributed by atoms with E-state index in [1.165, 1.54) is 19.3 Å². The van der Waals surface area contributed by atoms with Crippen molar-refractivity contribution >= 4 is 17.8 Å². The summed E-state index contributed by atoms with van der Waals surface area (Å²) in [5, 5.41) is 14.4. The van der Waals surface area contributed by atoms with Crippen molar-refractivity contribution in [2.45, 2.75) is 77.8 Å². The monoisotopic (exact) mass is 326 g/mol. The van der Waals surface area contributed by atoms with E-state index in [-0.39, 0.29) is 11.8 Å². The minimum atomic E-state index is -1.05. The molecule has 0 spiro atoms. The summed E-state index contributed by atoms with van der Waals surface area (Å²) < 4.78 is 0. The van der Waals surface area contributed by atoms with Gasteiger partial charge in [-0.2, -0.15) is 0 Å². The molecule has 1 rings (SSSR count). The molecule has 0 radical (unpaired) electrons. The minimum Gasteiger partial charge on any atom is -0.480 e. The molecule has 0 aromatic carbocycles. The van der Waals surface area contributed by atoms with E-state index in [0.29, 0.717) is 18.8 Å². The summed E-state index contributed by atoms with van der Waals surface area (Å²) in [5.41, 5.74) is 0. The van der Waals surface area contributed by atoms with Crippen LogP contribution in [0.2, 0.25) is 0 Å². The van der Waals surface area contributed by atoms with Gasteiger partial charge >= 0.3 is 5.97 Å². The topological polar surface area (TPSA) is 95.5 Å². The number of hydrogen-bond acceptors (Lipinski definition) is 3. The molecule has 0 bridgehead atoms. The molecular weight excluding hydrogens is 296 g/mol. The number of aliphatic carboxylic acids is 1. The largest absolute Gasteiger partial charge is 0.480 e. The number of rotatable bonds is 8. The molecule has 1 unspecified atom stereocenters. The normalized spacial score (nSPS) is 19.4. The van der Waals surface area contributed by atoms with E-state index in [0.717, 1.165) is 12.8 Å². The van der Waals surface area contributed by atoms with Crippen molar-refractivity contribution in [1.82, 2.24) is 10.6 Å². The van der Waals surface area contributed by atoms with Gasteiger partial charge in [-0.05, 0) is 31.6 Å². The fourth-order valence-corrected chi connectivity index (χ4v) is 2.98. The molecule has 1 saturated carbocycles. The summed E-state index contributed by atoms with van der Waals surface area (Å²) in [6.07, 6.45) is 6.83. The maximum Gasteiger partial charge on any atom is 0.326 e. The first-order valence-electron chi connectivity index (χ1n) is 8.67.